The highest BCUT2D eigenvalue weighted by Crippen LogP contribution is 2.19. The van der Waals surface area contributed by atoms with Gasteiger partial charge in [-0.15, -0.1) is 0 Å². The highest BCUT2D eigenvalue weighted by Gasteiger charge is 2.33. The Morgan fingerprint density at radius 2 is 2.14 bits per heavy atom. The third kappa shape index (κ3) is 5.54. The van der Waals surface area contributed by atoms with Crippen LogP contribution >= 0.6 is 0 Å². The molecule has 1 aliphatic heterocycles. The molecule has 0 aliphatic carbocycles. The summed E-state index contributed by atoms with van der Waals surface area (Å²) in [6, 6.07) is -0.319. The quantitative estimate of drug-likeness (QED) is 0.685. The van der Waals surface area contributed by atoms with Crippen molar-refractivity contribution in [3.8, 4) is 0 Å². The SMILES string of the molecule is CCOCC(NS(=O)(=O)N1CCCC(C(=O)O)C1)C(C)C. The molecule has 0 radical (unpaired) electrons. The predicted molar refractivity (Wildman–Crippen MR) is 79.1 cm³/mol. The van der Waals surface area contributed by atoms with E-state index in [2.05, 4.69) is 4.72 Å². The number of aliphatic carboxylic acids is 1. The molecule has 2 atom stereocenters. The molecular weight excluding hydrogens is 296 g/mol. The molecule has 21 heavy (non-hydrogen) atoms. The Bertz CT molecular complexity index is 438. The van der Waals surface area contributed by atoms with Gasteiger partial charge in [0.15, 0.2) is 0 Å². The van der Waals surface area contributed by atoms with Gasteiger partial charge in [0, 0.05) is 25.7 Å². The summed E-state index contributed by atoms with van der Waals surface area (Å²) in [5.41, 5.74) is 0. The van der Waals surface area contributed by atoms with Crippen molar-refractivity contribution in [2.24, 2.45) is 11.8 Å². The minimum Gasteiger partial charge on any atom is -0.481 e. The Balaban J connectivity index is 2.72. The molecule has 1 fully saturated rings. The van der Waals surface area contributed by atoms with Crippen molar-refractivity contribution < 1.29 is 23.1 Å². The molecule has 1 heterocycles. The fraction of sp³-hybridized carbons (Fsp3) is 0.923. The fourth-order valence-corrected chi connectivity index (χ4v) is 3.85. The lowest BCUT2D eigenvalue weighted by Gasteiger charge is -2.32. The molecule has 0 aromatic rings. The Morgan fingerprint density at radius 3 is 2.67 bits per heavy atom. The van der Waals surface area contributed by atoms with Gasteiger partial charge in [-0.25, -0.2) is 0 Å². The predicted octanol–water partition coefficient (Wildman–Crippen LogP) is 0.679. The number of ether oxygens (including phenoxy) is 1. The molecule has 2 unspecified atom stereocenters. The number of hydrogen-bond acceptors (Lipinski definition) is 4. The Labute approximate surface area is 126 Å². The van der Waals surface area contributed by atoms with Crippen molar-refractivity contribution in [1.29, 1.82) is 0 Å². The lowest BCUT2D eigenvalue weighted by Crippen LogP contribution is -2.52. The summed E-state index contributed by atoms with van der Waals surface area (Å²) in [4.78, 5) is 11.0. The molecule has 8 heteroatoms. The molecule has 0 bridgehead atoms. The van der Waals surface area contributed by atoms with Gasteiger partial charge in [-0.05, 0) is 25.7 Å². The standard InChI is InChI=1S/C13H26N2O5S/c1-4-20-9-12(10(2)3)14-21(18,19)15-7-5-6-11(8-15)13(16)17/h10-12,14H,4-9H2,1-3H3,(H,16,17). The molecule has 0 aromatic heterocycles. The first kappa shape index (κ1) is 18.3. The first-order chi connectivity index (χ1) is 9.77. The number of hydrogen-bond donors (Lipinski definition) is 2. The molecule has 7 nitrogen and oxygen atoms in total. The van der Waals surface area contributed by atoms with Crippen molar-refractivity contribution >= 4 is 16.2 Å². The summed E-state index contributed by atoms with van der Waals surface area (Å²) in [7, 11) is -3.68. The van der Waals surface area contributed by atoms with Crippen LogP contribution < -0.4 is 4.72 Å². The number of nitrogens with zero attached hydrogens (tertiary/aromatic N) is 1. The van der Waals surface area contributed by atoms with E-state index in [4.69, 9.17) is 9.84 Å². The summed E-state index contributed by atoms with van der Waals surface area (Å²) in [5.74, 6) is -1.48. The highest BCUT2D eigenvalue weighted by atomic mass is 32.2. The van der Waals surface area contributed by atoms with Crippen LogP contribution in [0.5, 0.6) is 0 Å². The maximum atomic E-state index is 12.4. The number of rotatable bonds is 8. The molecule has 1 aliphatic rings. The third-order valence-electron chi connectivity index (χ3n) is 3.68. The Morgan fingerprint density at radius 1 is 1.48 bits per heavy atom. The average molecular weight is 322 g/mol. The first-order valence-corrected chi connectivity index (χ1v) is 8.79. The molecule has 1 rings (SSSR count). The van der Waals surface area contributed by atoms with Gasteiger partial charge in [0.25, 0.3) is 10.2 Å². The summed E-state index contributed by atoms with van der Waals surface area (Å²) in [6.07, 6.45) is 1.09. The summed E-state index contributed by atoms with van der Waals surface area (Å²) < 4.78 is 34.0. The zero-order valence-electron chi connectivity index (χ0n) is 12.9. The van der Waals surface area contributed by atoms with E-state index in [1.807, 2.05) is 20.8 Å². The van der Waals surface area contributed by atoms with E-state index in [0.29, 0.717) is 32.6 Å². The number of piperidine rings is 1. The molecule has 0 aromatic carbocycles. The molecule has 0 saturated carbocycles. The van der Waals surface area contributed by atoms with Crippen LogP contribution in [0.2, 0.25) is 0 Å². The number of carboxylic acid groups (broad SMARTS) is 1. The topological polar surface area (TPSA) is 95.9 Å². The van der Waals surface area contributed by atoms with Crippen molar-refractivity contribution in [3.63, 3.8) is 0 Å². The van der Waals surface area contributed by atoms with Crippen molar-refractivity contribution in [3.05, 3.63) is 0 Å². The van der Waals surface area contributed by atoms with Crippen LogP contribution in [0.15, 0.2) is 0 Å². The maximum Gasteiger partial charge on any atom is 0.307 e. The van der Waals surface area contributed by atoms with E-state index in [-0.39, 0.29) is 18.5 Å². The van der Waals surface area contributed by atoms with Crippen LogP contribution in [0.4, 0.5) is 0 Å². The molecule has 124 valence electrons. The van der Waals surface area contributed by atoms with Gasteiger partial charge in [-0.3, -0.25) is 4.79 Å². The van der Waals surface area contributed by atoms with Crippen molar-refractivity contribution in [2.45, 2.75) is 39.7 Å². The van der Waals surface area contributed by atoms with E-state index >= 15 is 0 Å². The van der Waals surface area contributed by atoms with Gasteiger partial charge in [0.1, 0.15) is 0 Å². The van der Waals surface area contributed by atoms with Gasteiger partial charge in [-0.2, -0.15) is 17.4 Å². The molecule has 0 amide bonds. The van der Waals surface area contributed by atoms with Crippen LogP contribution in [0.25, 0.3) is 0 Å². The monoisotopic (exact) mass is 322 g/mol. The molecule has 2 N–H and O–H groups in total. The van der Waals surface area contributed by atoms with Crippen LogP contribution in [-0.2, 0) is 19.7 Å². The van der Waals surface area contributed by atoms with Crippen LogP contribution in [0, 0.1) is 11.8 Å². The van der Waals surface area contributed by atoms with E-state index in [1.54, 1.807) is 0 Å². The summed E-state index contributed by atoms with van der Waals surface area (Å²) in [6.45, 7) is 6.92. The van der Waals surface area contributed by atoms with Crippen LogP contribution in [0.1, 0.15) is 33.6 Å². The van der Waals surface area contributed by atoms with Crippen LogP contribution in [0.3, 0.4) is 0 Å². The van der Waals surface area contributed by atoms with E-state index in [0.717, 1.165) is 0 Å². The number of nitrogens with one attached hydrogen (secondary N) is 1. The Hall–Kier alpha value is -0.700. The Kier molecular flexibility index (Phi) is 7.05. The van der Waals surface area contributed by atoms with Gasteiger partial charge in [0.2, 0.25) is 0 Å². The van der Waals surface area contributed by atoms with Gasteiger partial charge < -0.3 is 9.84 Å². The third-order valence-corrected chi connectivity index (χ3v) is 5.29. The van der Waals surface area contributed by atoms with E-state index in [9.17, 15) is 13.2 Å². The van der Waals surface area contributed by atoms with Crippen molar-refractivity contribution in [1.82, 2.24) is 9.03 Å². The average Bonchev–Trinajstić information content (AvgIpc) is 2.43. The minimum atomic E-state index is -3.68. The zero-order chi connectivity index (χ0) is 16.0. The van der Waals surface area contributed by atoms with E-state index < -0.39 is 22.1 Å². The van der Waals surface area contributed by atoms with Gasteiger partial charge >= 0.3 is 5.97 Å². The second-order valence-corrected chi connectivity index (χ2v) is 7.37. The number of carbonyl (C=O) groups is 1. The number of carboxylic acids is 1. The lowest BCUT2D eigenvalue weighted by atomic mass is 10.0. The second kappa shape index (κ2) is 8.07. The molecular formula is C13H26N2O5S. The summed E-state index contributed by atoms with van der Waals surface area (Å²) in [5, 5.41) is 9.05. The van der Waals surface area contributed by atoms with Crippen molar-refractivity contribution in [2.75, 3.05) is 26.3 Å². The van der Waals surface area contributed by atoms with E-state index in [1.165, 1.54) is 4.31 Å². The largest absolute Gasteiger partial charge is 0.481 e. The normalized spacial score (nSPS) is 22.4. The summed E-state index contributed by atoms with van der Waals surface area (Å²) >= 11 is 0. The fourth-order valence-electron chi connectivity index (χ4n) is 2.24. The van der Waals surface area contributed by atoms with Crippen LogP contribution in [-0.4, -0.2) is 56.1 Å². The smallest absolute Gasteiger partial charge is 0.307 e. The second-order valence-electron chi connectivity index (χ2n) is 5.67. The zero-order valence-corrected chi connectivity index (χ0v) is 13.7. The molecule has 0 spiro atoms. The maximum absolute atomic E-state index is 12.4. The lowest BCUT2D eigenvalue weighted by molar-refractivity contribution is -0.142. The first-order valence-electron chi connectivity index (χ1n) is 7.35. The van der Waals surface area contributed by atoms with Gasteiger partial charge in [-0.1, -0.05) is 13.8 Å². The van der Waals surface area contributed by atoms with Gasteiger partial charge in [0.05, 0.1) is 12.5 Å². The highest BCUT2D eigenvalue weighted by molar-refractivity contribution is 7.87. The minimum absolute atomic E-state index is 0.0319. The molecule has 1 saturated heterocycles.